The minimum absolute atomic E-state index is 0.147. The fraction of sp³-hybridized carbons (Fsp3) is 1.00. The van der Waals surface area contributed by atoms with Crippen molar-refractivity contribution in [1.29, 1.82) is 0 Å². The lowest BCUT2D eigenvalue weighted by atomic mass is 10.2. The molecule has 2 unspecified atom stereocenters. The number of sulfone groups is 1. The standard InChI is InChI=1S/C10H21NO2S2/c1-14-8-4-7-11-9-5-3-6-10(9)15(2,12)13/h9-11H,3-8H2,1-2H3. The quantitative estimate of drug-likeness (QED) is 0.723. The van der Waals surface area contributed by atoms with Gasteiger partial charge in [0.15, 0.2) is 9.84 Å². The molecule has 1 aliphatic rings. The summed E-state index contributed by atoms with van der Waals surface area (Å²) in [5, 5.41) is 3.23. The minimum atomic E-state index is -2.86. The lowest BCUT2D eigenvalue weighted by Crippen LogP contribution is -2.40. The highest BCUT2D eigenvalue weighted by Crippen LogP contribution is 2.24. The Balaban J connectivity index is 2.34. The van der Waals surface area contributed by atoms with E-state index in [0.29, 0.717) is 0 Å². The van der Waals surface area contributed by atoms with Gasteiger partial charge in [0.25, 0.3) is 0 Å². The van der Waals surface area contributed by atoms with Gasteiger partial charge in [-0.3, -0.25) is 0 Å². The predicted molar refractivity (Wildman–Crippen MR) is 67.3 cm³/mol. The molecule has 0 saturated heterocycles. The smallest absolute Gasteiger partial charge is 0.151 e. The summed E-state index contributed by atoms with van der Waals surface area (Å²) < 4.78 is 23.0. The Bertz CT molecular complexity index is 277. The zero-order chi connectivity index (χ0) is 11.3. The van der Waals surface area contributed by atoms with Crippen molar-refractivity contribution in [3.63, 3.8) is 0 Å². The van der Waals surface area contributed by atoms with E-state index in [9.17, 15) is 8.42 Å². The average Bonchev–Trinajstić information content (AvgIpc) is 2.59. The van der Waals surface area contributed by atoms with Gasteiger partial charge in [-0.15, -0.1) is 0 Å². The third kappa shape index (κ3) is 4.33. The van der Waals surface area contributed by atoms with Crippen LogP contribution in [0.15, 0.2) is 0 Å². The third-order valence-corrected chi connectivity index (χ3v) is 5.30. The Hall–Kier alpha value is 0.260. The van der Waals surface area contributed by atoms with E-state index in [1.165, 1.54) is 6.26 Å². The van der Waals surface area contributed by atoms with Gasteiger partial charge in [0.2, 0.25) is 0 Å². The maximum atomic E-state index is 11.5. The van der Waals surface area contributed by atoms with Crippen LogP contribution in [0.5, 0.6) is 0 Å². The molecule has 0 aromatic heterocycles. The number of nitrogens with one attached hydrogen (secondary N) is 1. The maximum absolute atomic E-state index is 11.5. The van der Waals surface area contributed by atoms with E-state index in [1.807, 2.05) is 11.8 Å². The molecule has 1 N–H and O–H groups in total. The first-order chi connectivity index (χ1) is 7.05. The van der Waals surface area contributed by atoms with Crippen LogP contribution in [0.4, 0.5) is 0 Å². The first-order valence-corrected chi connectivity index (χ1v) is 8.81. The van der Waals surface area contributed by atoms with Crippen molar-refractivity contribution in [3.05, 3.63) is 0 Å². The number of thioether (sulfide) groups is 1. The van der Waals surface area contributed by atoms with Crippen LogP contribution in [-0.2, 0) is 9.84 Å². The van der Waals surface area contributed by atoms with Crippen molar-refractivity contribution in [2.45, 2.75) is 37.0 Å². The van der Waals surface area contributed by atoms with Gasteiger partial charge in [0.1, 0.15) is 0 Å². The predicted octanol–water partition coefficient (Wildman–Crippen LogP) is 1.29. The zero-order valence-corrected chi connectivity index (χ0v) is 11.2. The van der Waals surface area contributed by atoms with Gasteiger partial charge in [-0.05, 0) is 37.8 Å². The maximum Gasteiger partial charge on any atom is 0.151 e. The van der Waals surface area contributed by atoms with Gasteiger partial charge in [0, 0.05) is 12.3 Å². The van der Waals surface area contributed by atoms with E-state index >= 15 is 0 Å². The Kier molecular flexibility index (Phi) is 5.43. The molecule has 3 nitrogen and oxygen atoms in total. The first-order valence-electron chi connectivity index (χ1n) is 5.47. The minimum Gasteiger partial charge on any atom is -0.313 e. The summed E-state index contributed by atoms with van der Waals surface area (Å²) in [4.78, 5) is 0. The molecule has 90 valence electrons. The zero-order valence-electron chi connectivity index (χ0n) is 9.53. The SMILES string of the molecule is CSCCCNC1CCCC1S(C)(=O)=O. The van der Waals surface area contributed by atoms with Crippen molar-refractivity contribution >= 4 is 21.6 Å². The van der Waals surface area contributed by atoms with Gasteiger partial charge in [-0.1, -0.05) is 6.42 Å². The van der Waals surface area contributed by atoms with Crippen LogP contribution in [0.25, 0.3) is 0 Å². The molecule has 0 radical (unpaired) electrons. The molecule has 0 amide bonds. The molecule has 0 bridgehead atoms. The van der Waals surface area contributed by atoms with Crippen LogP contribution >= 0.6 is 11.8 Å². The van der Waals surface area contributed by atoms with Crippen LogP contribution in [0.1, 0.15) is 25.7 Å². The Labute approximate surface area is 97.3 Å². The number of hydrogen-bond acceptors (Lipinski definition) is 4. The van der Waals surface area contributed by atoms with Crippen molar-refractivity contribution in [3.8, 4) is 0 Å². The molecule has 0 spiro atoms. The van der Waals surface area contributed by atoms with E-state index in [1.54, 1.807) is 0 Å². The van der Waals surface area contributed by atoms with Crippen LogP contribution in [0.2, 0.25) is 0 Å². The van der Waals surface area contributed by atoms with E-state index < -0.39 is 9.84 Å². The van der Waals surface area contributed by atoms with Crippen molar-refractivity contribution < 1.29 is 8.42 Å². The van der Waals surface area contributed by atoms with E-state index in [2.05, 4.69) is 11.6 Å². The molecule has 15 heavy (non-hydrogen) atoms. The first kappa shape index (κ1) is 13.3. The Morgan fingerprint density at radius 1 is 1.40 bits per heavy atom. The molecule has 2 atom stereocenters. The van der Waals surface area contributed by atoms with E-state index in [-0.39, 0.29) is 11.3 Å². The van der Waals surface area contributed by atoms with Crippen LogP contribution in [0, 0.1) is 0 Å². The van der Waals surface area contributed by atoms with Crippen LogP contribution in [-0.4, -0.2) is 44.5 Å². The topological polar surface area (TPSA) is 46.2 Å². The van der Waals surface area contributed by atoms with Gasteiger partial charge >= 0.3 is 0 Å². The fourth-order valence-electron chi connectivity index (χ4n) is 2.18. The molecule has 0 heterocycles. The molecule has 0 aromatic rings. The molecule has 1 saturated carbocycles. The lowest BCUT2D eigenvalue weighted by molar-refractivity contribution is 0.508. The van der Waals surface area contributed by atoms with E-state index in [0.717, 1.165) is 38.0 Å². The summed E-state index contributed by atoms with van der Waals surface area (Å²) in [5.74, 6) is 1.14. The molecule has 5 heteroatoms. The average molecular weight is 251 g/mol. The molecule has 0 aliphatic heterocycles. The van der Waals surface area contributed by atoms with Gasteiger partial charge in [0.05, 0.1) is 5.25 Å². The third-order valence-electron chi connectivity index (χ3n) is 2.93. The van der Waals surface area contributed by atoms with Gasteiger partial charge in [-0.2, -0.15) is 11.8 Å². The largest absolute Gasteiger partial charge is 0.313 e. The van der Waals surface area contributed by atoms with Crippen molar-refractivity contribution in [2.75, 3.05) is 24.8 Å². The van der Waals surface area contributed by atoms with Gasteiger partial charge < -0.3 is 5.32 Å². The summed E-state index contributed by atoms with van der Waals surface area (Å²) in [6.07, 6.45) is 7.45. The summed E-state index contributed by atoms with van der Waals surface area (Å²) in [7, 11) is -2.86. The summed E-state index contributed by atoms with van der Waals surface area (Å²) in [5.41, 5.74) is 0. The van der Waals surface area contributed by atoms with Crippen LogP contribution in [0.3, 0.4) is 0 Å². The van der Waals surface area contributed by atoms with Crippen molar-refractivity contribution in [1.82, 2.24) is 5.32 Å². The fourth-order valence-corrected chi connectivity index (χ4v) is 4.03. The second-order valence-electron chi connectivity index (χ2n) is 4.21. The molecule has 1 aliphatic carbocycles. The Morgan fingerprint density at radius 3 is 2.73 bits per heavy atom. The van der Waals surface area contributed by atoms with Crippen LogP contribution < -0.4 is 5.32 Å². The highest BCUT2D eigenvalue weighted by molar-refractivity contribution is 7.98. The molecule has 0 aromatic carbocycles. The molecular weight excluding hydrogens is 230 g/mol. The normalized spacial score (nSPS) is 27.1. The highest BCUT2D eigenvalue weighted by atomic mass is 32.2. The molecule has 1 fully saturated rings. The number of hydrogen-bond donors (Lipinski definition) is 1. The highest BCUT2D eigenvalue weighted by Gasteiger charge is 2.33. The molecule has 1 rings (SSSR count). The second kappa shape index (κ2) is 6.11. The lowest BCUT2D eigenvalue weighted by Gasteiger charge is -2.19. The second-order valence-corrected chi connectivity index (χ2v) is 7.46. The summed E-state index contributed by atoms with van der Waals surface area (Å²) in [6.45, 7) is 0.942. The van der Waals surface area contributed by atoms with Gasteiger partial charge in [-0.25, -0.2) is 8.42 Å². The Morgan fingerprint density at radius 2 is 2.13 bits per heavy atom. The summed E-state index contributed by atoms with van der Waals surface area (Å²) >= 11 is 1.83. The van der Waals surface area contributed by atoms with E-state index in [4.69, 9.17) is 0 Å². The monoisotopic (exact) mass is 251 g/mol. The number of rotatable bonds is 6. The summed E-state index contributed by atoms with van der Waals surface area (Å²) in [6, 6.07) is 0.196. The molecular formula is C10H21NO2S2. The van der Waals surface area contributed by atoms with Crippen molar-refractivity contribution in [2.24, 2.45) is 0 Å².